The molecular weight excluding hydrogens is 292 g/mol. The van der Waals surface area contributed by atoms with E-state index in [0.717, 1.165) is 30.7 Å². The molecule has 1 saturated heterocycles. The van der Waals surface area contributed by atoms with Crippen LogP contribution in [0.2, 0.25) is 0 Å². The third kappa shape index (κ3) is 4.48. The molecule has 6 heteroatoms. The van der Waals surface area contributed by atoms with Gasteiger partial charge in [0, 0.05) is 11.8 Å². The van der Waals surface area contributed by atoms with Crippen molar-refractivity contribution in [2.75, 3.05) is 25.9 Å². The minimum Gasteiger partial charge on any atom is -0.319 e. The highest BCUT2D eigenvalue weighted by molar-refractivity contribution is 8.00. The second-order valence-corrected chi connectivity index (χ2v) is 8.16. The lowest BCUT2D eigenvalue weighted by Gasteiger charge is -2.11. The van der Waals surface area contributed by atoms with E-state index in [1.165, 1.54) is 6.42 Å². The molecule has 0 bridgehead atoms. The predicted molar refractivity (Wildman–Crippen MR) is 84.7 cm³/mol. The molecule has 1 aliphatic heterocycles. The van der Waals surface area contributed by atoms with Crippen LogP contribution in [-0.4, -0.2) is 39.6 Å². The SMILES string of the molecule is CNCCc1ccc(S(=O)(=O)NCC2CCCS2)cc1. The molecule has 1 aliphatic rings. The smallest absolute Gasteiger partial charge is 0.240 e. The van der Waals surface area contributed by atoms with Crippen LogP contribution >= 0.6 is 11.8 Å². The molecule has 0 aromatic heterocycles. The van der Waals surface area contributed by atoms with Gasteiger partial charge >= 0.3 is 0 Å². The Labute approximate surface area is 125 Å². The summed E-state index contributed by atoms with van der Waals surface area (Å²) in [4.78, 5) is 0.355. The summed E-state index contributed by atoms with van der Waals surface area (Å²) in [6.45, 7) is 1.43. The fraction of sp³-hybridized carbons (Fsp3) is 0.571. The van der Waals surface area contributed by atoms with E-state index in [2.05, 4.69) is 10.0 Å². The van der Waals surface area contributed by atoms with E-state index >= 15 is 0 Å². The van der Waals surface area contributed by atoms with Gasteiger partial charge in [-0.2, -0.15) is 11.8 Å². The largest absolute Gasteiger partial charge is 0.319 e. The monoisotopic (exact) mass is 314 g/mol. The van der Waals surface area contributed by atoms with Gasteiger partial charge in [0.25, 0.3) is 0 Å². The zero-order valence-electron chi connectivity index (χ0n) is 11.8. The van der Waals surface area contributed by atoms with E-state index in [0.29, 0.717) is 16.7 Å². The first-order valence-corrected chi connectivity index (χ1v) is 9.50. The van der Waals surface area contributed by atoms with Crippen molar-refractivity contribution >= 4 is 21.8 Å². The molecule has 4 nitrogen and oxygen atoms in total. The van der Waals surface area contributed by atoms with Crippen LogP contribution < -0.4 is 10.0 Å². The summed E-state index contributed by atoms with van der Waals surface area (Å²) in [7, 11) is -1.46. The van der Waals surface area contributed by atoms with Crippen molar-refractivity contribution in [2.45, 2.75) is 29.4 Å². The summed E-state index contributed by atoms with van der Waals surface area (Å²) in [5, 5.41) is 3.51. The van der Waals surface area contributed by atoms with Crippen LogP contribution in [0.1, 0.15) is 18.4 Å². The fourth-order valence-corrected chi connectivity index (χ4v) is 4.58. The lowest BCUT2D eigenvalue weighted by Crippen LogP contribution is -2.29. The maximum atomic E-state index is 12.2. The lowest BCUT2D eigenvalue weighted by atomic mass is 10.1. The number of hydrogen-bond donors (Lipinski definition) is 2. The van der Waals surface area contributed by atoms with Gasteiger partial charge in [-0.3, -0.25) is 0 Å². The maximum Gasteiger partial charge on any atom is 0.240 e. The zero-order valence-corrected chi connectivity index (χ0v) is 13.4. The van der Waals surface area contributed by atoms with Gasteiger partial charge in [0.05, 0.1) is 4.90 Å². The van der Waals surface area contributed by atoms with Gasteiger partial charge in [-0.05, 0) is 56.3 Å². The highest BCUT2D eigenvalue weighted by Crippen LogP contribution is 2.25. The first-order chi connectivity index (χ1) is 9.62. The molecule has 0 saturated carbocycles. The van der Waals surface area contributed by atoms with Gasteiger partial charge in [0.2, 0.25) is 10.0 Å². The van der Waals surface area contributed by atoms with E-state index in [4.69, 9.17) is 0 Å². The van der Waals surface area contributed by atoms with Crippen molar-refractivity contribution in [3.63, 3.8) is 0 Å². The van der Waals surface area contributed by atoms with Gasteiger partial charge in [-0.1, -0.05) is 12.1 Å². The Balaban J connectivity index is 1.94. The normalized spacial score (nSPS) is 19.4. The number of thioether (sulfide) groups is 1. The summed E-state index contributed by atoms with van der Waals surface area (Å²) in [5.74, 6) is 1.15. The van der Waals surface area contributed by atoms with Crippen molar-refractivity contribution in [2.24, 2.45) is 0 Å². The van der Waals surface area contributed by atoms with Crippen LogP contribution in [-0.2, 0) is 16.4 Å². The zero-order chi connectivity index (χ0) is 14.4. The number of likely N-dealkylation sites (N-methyl/N-ethyl adjacent to an activating group) is 1. The number of hydrogen-bond acceptors (Lipinski definition) is 4. The fourth-order valence-electron chi connectivity index (χ4n) is 2.20. The number of rotatable bonds is 7. The minimum atomic E-state index is -3.36. The third-order valence-electron chi connectivity index (χ3n) is 3.42. The highest BCUT2D eigenvalue weighted by atomic mass is 32.2. The molecule has 2 rings (SSSR count). The third-order valence-corrected chi connectivity index (χ3v) is 6.26. The summed E-state index contributed by atoms with van der Waals surface area (Å²) >= 11 is 1.86. The van der Waals surface area contributed by atoms with Crippen molar-refractivity contribution in [1.82, 2.24) is 10.0 Å². The van der Waals surface area contributed by atoms with Crippen molar-refractivity contribution in [3.05, 3.63) is 29.8 Å². The van der Waals surface area contributed by atoms with Gasteiger partial charge in [-0.25, -0.2) is 13.1 Å². The number of sulfonamides is 1. The molecule has 1 aromatic carbocycles. The van der Waals surface area contributed by atoms with Gasteiger partial charge in [0.1, 0.15) is 0 Å². The summed E-state index contributed by atoms with van der Waals surface area (Å²) < 4.78 is 27.1. The Morgan fingerprint density at radius 2 is 2.05 bits per heavy atom. The molecule has 1 unspecified atom stereocenters. The first-order valence-electron chi connectivity index (χ1n) is 6.96. The predicted octanol–water partition coefficient (Wildman–Crippen LogP) is 1.62. The van der Waals surface area contributed by atoms with E-state index in [-0.39, 0.29) is 0 Å². The summed E-state index contributed by atoms with van der Waals surface area (Å²) in [5.41, 5.74) is 1.14. The van der Waals surface area contributed by atoms with Crippen LogP contribution in [0.15, 0.2) is 29.2 Å². The molecule has 0 amide bonds. The van der Waals surface area contributed by atoms with Gasteiger partial charge in [-0.15, -0.1) is 0 Å². The molecular formula is C14H22N2O2S2. The molecule has 1 atom stereocenters. The number of nitrogens with one attached hydrogen (secondary N) is 2. The highest BCUT2D eigenvalue weighted by Gasteiger charge is 2.19. The molecule has 0 radical (unpaired) electrons. The Hall–Kier alpha value is -0.560. The van der Waals surface area contributed by atoms with Crippen LogP contribution in [0, 0.1) is 0 Å². The molecule has 112 valence electrons. The number of benzene rings is 1. The van der Waals surface area contributed by atoms with Crippen LogP contribution in [0.5, 0.6) is 0 Å². The van der Waals surface area contributed by atoms with E-state index < -0.39 is 10.0 Å². The topological polar surface area (TPSA) is 58.2 Å². The van der Waals surface area contributed by atoms with E-state index in [1.807, 2.05) is 30.9 Å². The van der Waals surface area contributed by atoms with E-state index in [9.17, 15) is 8.42 Å². The van der Waals surface area contributed by atoms with Crippen molar-refractivity contribution < 1.29 is 8.42 Å². The molecule has 1 fully saturated rings. The maximum absolute atomic E-state index is 12.2. The Morgan fingerprint density at radius 1 is 1.30 bits per heavy atom. The Bertz CT molecular complexity index is 508. The van der Waals surface area contributed by atoms with E-state index in [1.54, 1.807) is 12.1 Å². The standard InChI is InChI=1S/C14H22N2O2S2/c1-15-9-8-12-4-6-14(7-5-12)20(17,18)16-11-13-3-2-10-19-13/h4-7,13,15-16H,2-3,8-11H2,1H3. The quantitative estimate of drug-likeness (QED) is 0.803. The van der Waals surface area contributed by atoms with Gasteiger partial charge in [0.15, 0.2) is 0 Å². The molecule has 2 N–H and O–H groups in total. The molecule has 0 spiro atoms. The molecule has 1 aromatic rings. The van der Waals surface area contributed by atoms with Gasteiger partial charge < -0.3 is 5.32 Å². The van der Waals surface area contributed by atoms with Crippen molar-refractivity contribution in [3.8, 4) is 0 Å². The summed E-state index contributed by atoms with van der Waals surface area (Å²) in [6, 6.07) is 7.15. The molecule has 0 aliphatic carbocycles. The second-order valence-electron chi connectivity index (χ2n) is 4.98. The molecule has 20 heavy (non-hydrogen) atoms. The average Bonchev–Trinajstić information content (AvgIpc) is 2.97. The molecule has 1 heterocycles. The van der Waals surface area contributed by atoms with Crippen LogP contribution in [0.4, 0.5) is 0 Å². The Morgan fingerprint density at radius 3 is 2.65 bits per heavy atom. The first kappa shape index (κ1) is 15.8. The second kappa shape index (κ2) is 7.45. The minimum absolute atomic E-state index is 0.355. The van der Waals surface area contributed by atoms with Crippen molar-refractivity contribution in [1.29, 1.82) is 0 Å². The lowest BCUT2D eigenvalue weighted by molar-refractivity contribution is 0.579. The average molecular weight is 314 g/mol. The van der Waals surface area contributed by atoms with Crippen LogP contribution in [0.25, 0.3) is 0 Å². The van der Waals surface area contributed by atoms with Crippen LogP contribution in [0.3, 0.4) is 0 Å². The Kier molecular flexibility index (Phi) is 5.89. The summed E-state index contributed by atoms with van der Waals surface area (Å²) in [6.07, 6.45) is 3.20.